The van der Waals surface area contributed by atoms with Gasteiger partial charge >= 0.3 is 0 Å². The molecule has 0 unspecified atom stereocenters. The summed E-state index contributed by atoms with van der Waals surface area (Å²) >= 11 is 7.20. The van der Waals surface area contributed by atoms with Crippen LogP contribution < -0.4 is 10.6 Å². The first kappa shape index (κ1) is 22.1. The molecule has 1 aliphatic carbocycles. The van der Waals surface area contributed by atoms with E-state index in [1.54, 1.807) is 18.4 Å². The number of hydrogen-bond acceptors (Lipinski definition) is 4. The molecule has 0 spiro atoms. The summed E-state index contributed by atoms with van der Waals surface area (Å²) in [7, 11) is 1.63. The number of carbonyl (C=O) groups excluding carboxylic acids is 2. The van der Waals surface area contributed by atoms with Crippen LogP contribution in [0.3, 0.4) is 0 Å². The zero-order chi connectivity index (χ0) is 20.6. The molecule has 158 valence electrons. The van der Waals surface area contributed by atoms with Crippen LogP contribution in [0.5, 0.6) is 0 Å². The van der Waals surface area contributed by atoms with Crippen molar-refractivity contribution in [1.82, 2.24) is 10.6 Å². The molecule has 1 fully saturated rings. The Labute approximate surface area is 181 Å². The second kappa shape index (κ2) is 11.0. The summed E-state index contributed by atoms with van der Waals surface area (Å²) in [6, 6.07) is 8.29. The van der Waals surface area contributed by atoms with Gasteiger partial charge in [0, 0.05) is 37.2 Å². The minimum atomic E-state index is -0.00582. The van der Waals surface area contributed by atoms with Gasteiger partial charge in [-0.2, -0.15) is 0 Å². The zero-order valence-corrected chi connectivity index (χ0v) is 18.4. The molecule has 2 N–H and O–H groups in total. The molecular weight excluding hydrogens is 408 g/mol. The van der Waals surface area contributed by atoms with E-state index in [0.29, 0.717) is 37.3 Å². The van der Waals surface area contributed by atoms with E-state index in [0.717, 1.165) is 41.8 Å². The number of halogens is 1. The van der Waals surface area contributed by atoms with Gasteiger partial charge in [0.05, 0.1) is 11.5 Å². The van der Waals surface area contributed by atoms with Gasteiger partial charge in [0.15, 0.2) is 0 Å². The molecule has 1 heterocycles. The van der Waals surface area contributed by atoms with E-state index in [-0.39, 0.29) is 11.8 Å². The van der Waals surface area contributed by atoms with E-state index in [4.69, 9.17) is 16.3 Å². The van der Waals surface area contributed by atoms with Gasteiger partial charge in [-0.1, -0.05) is 18.2 Å². The average molecular weight is 437 g/mol. The minimum absolute atomic E-state index is 0.00582. The van der Waals surface area contributed by atoms with Crippen LogP contribution in [-0.2, 0) is 9.53 Å². The predicted molar refractivity (Wildman–Crippen MR) is 119 cm³/mol. The van der Waals surface area contributed by atoms with E-state index in [1.807, 2.05) is 12.1 Å². The molecule has 2 amide bonds. The number of nitrogens with one attached hydrogen (secondary N) is 2. The molecule has 0 atom stereocenters. The van der Waals surface area contributed by atoms with Gasteiger partial charge in [-0.3, -0.25) is 9.59 Å². The number of benzene rings is 1. The summed E-state index contributed by atoms with van der Waals surface area (Å²) in [6.45, 7) is 1.74. The highest BCUT2D eigenvalue weighted by Crippen LogP contribution is 2.43. The first-order valence-electron chi connectivity index (χ1n) is 10.2. The largest absolute Gasteiger partial charge is 0.383 e. The Morgan fingerprint density at radius 2 is 1.93 bits per heavy atom. The number of hydrogen-bond donors (Lipinski definition) is 2. The summed E-state index contributed by atoms with van der Waals surface area (Å²) < 4.78 is 6.21. The highest BCUT2D eigenvalue weighted by Gasteiger charge is 2.29. The Morgan fingerprint density at radius 1 is 1.17 bits per heavy atom. The number of methoxy groups -OCH3 is 1. The molecule has 2 aromatic rings. The van der Waals surface area contributed by atoms with E-state index in [1.165, 1.54) is 10.9 Å². The van der Waals surface area contributed by atoms with Crippen LogP contribution >= 0.6 is 22.9 Å². The molecule has 0 bridgehead atoms. The van der Waals surface area contributed by atoms with Crippen LogP contribution in [0.2, 0.25) is 0 Å². The number of fused-ring (bicyclic) bond motifs is 1. The normalized spacial score (nSPS) is 19.2. The van der Waals surface area contributed by atoms with Crippen LogP contribution in [0, 0.1) is 5.92 Å². The van der Waals surface area contributed by atoms with Crippen LogP contribution in [0.1, 0.15) is 53.3 Å². The monoisotopic (exact) mass is 436 g/mol. The molecule has 3 rings (SSSR count). The highest BCUT2D eigenvalue weighted by atomic mass is 35.5. The van der Waals surface area contributed by atoms with Gasteiger partial charge in [0.1, 0.15) is 0 Å². The third-order valence-electron chi connectivity index (χ3n) is 5.60. The van der Waals surface area contributed by atoms with Crippen molar-refractivity contribution >= 4 is 44.8 Å². The highest BCUT2D eigenvalue weighted by molar-refractivity contribution is 7.21. The molecule has 7 heteroatoms. The van der Waals surface area contributed by atoms with E-state index in [9.17, 15) is 9.59 Å². The van der Waals surface area contributed by atoms with Crippen molar-refractivity contribution in [3.8, 4) is 0 Å². The molecule has 0 radical (unpaired) electrons. The fourth-order valence-electron chi connectivity index (χ4n) is 4.07. The van der Waals surface area contributed by atoms with Crippen LogP contribution in [0.4, 0.5) is 0 Å². The quantitative estimate of drug-likeness (QED) is 0.455. The summed E-state index contributed by atoms with van der Waals surface area (Å²) in [4.78, 5) is 25.3. The standard InChI is InChI=1S/C22H29ClN2O3S/c1-28-13-12-24-22(27)21-20(17-4-2-3-5-18(17)29-21)16-8-6-15(7-9-16)14-25-19(26)10-11-23/h2-5,15-16H,6-14H2,1H3,(H,24,27)(H,25,26). The minimum Gasteiger partial charge on any atom is -0.383 e. The molecule has 0 saturated heterocycles. The van der Waals surface area contributed by atoms with E-state index < -0.39 is 0 Å². The molecule has 1 aliphatic rings. The Balaban J connectivity index is 1.70. The van der Waals surface area contributed by atoms with Gasteiger partial charge in [0.25, 0.3) is 5.91 Å². The van der Waals surface area contributed by atoms with Crippen molar-refractivity contribution in [2.75, 3.05) is 32.7 Å². The van der Waals surface area contributed by atoms with Crippen molar-refractivity contribution in [3.05, 3.63) is 34.7 Å². The Kier molecular flexibility index (Phi) is 8.33. The maximum Gasteiger partial charge on any atom is 0.261 e. The van der Waals surface area contributed by atoms with Crippen molar-refractivity contribution in [2.45, 2.75) is 38.0 Å². The molecule has 0 aliphatic heterocycles. The smallest absolute Gasteiger partial charge is 0.261 e. The second-order valence-corrected chi connectivity index (χ2v) is 8.98. The van der Waals surface area contributed by atoms with E-state index in [2.05, 4.69) is 22.8 Å². The van der Waals surface area contributed by atoms with Crippen molar-refractivity contribution in [3.63, 3.8) is 0 Å². The first-order valence-corrected chi connectivity index (χ1v) is 11.6. The SMILES string of the molecule is COCCNC(=O)c1sc2ccccc2c1C1CCC(CNC(=O)CCCl)CC1. The maximum atomic E-state index is 12.8. The lowest BCUT2D eigenvalue weighted by Crippen LogP contribution is -2.31. The van der Waals surface area contributed by atoms with Crippen LogP contribution in [0.25, 0.3) is 10.1 Å². The molecule has 1 aromatic heterocycles. The van der Waals surface area contributed by atoms with Gasteiger partial charge in [-0.05, 0) is 54.5 Å². The fraction of sp³-hybridized carbons (Fsp3) is 0.545. The molecule has 1 saturated carbocycles. The third kappa shape index (κ3) is 5.71. The number of ether oxygens (including phenoxy) is 1. The maximum absolute atomic E-state index is 12.8. The van der Waals surface area contributed by atoms with Crippen molar-refractivity contribution in [2.24, 2.45) is 5.92 Å². The number of amides is 2. The van der Waals surface area contributed by atoms with Crippen LogP contribution in [-0.4, -0.2) is 44.5 Å². The average Bonchev–Trinajstić information content (AvgIpc) is 3.13. The number of alkyl halides is 1. The third-order valence-corrected chi connectivity index (χ3v) is 6.97. The lowest BCUT2D eigenvalue weighted by atomic mass is 9.77. The molecule has 29 heavy (non-hydrogen) atoms. The molecule has 1 aromatic carbocycles. The van der Waals surface area contributed by atoms with Gasteiger partial charge in [-0.25, -0.2) is 0 Å². The lowest BCUT2D eigenvalue weighted by Gasteiger charge is -2.29. The summed E-state index contributed by atoms with van der Waals surface area (Å²) in [5.41, 5.74) is 1.20. The Hall–Kier alpha value is -1.63. The zero-order valence-electron chi connectivity index (χ0n) is 16.8. The Morgan fingerprint density at radius 3 is 2.66 bits per heavy atom. The van der Waals surface area contributed by atoms with Gasteiger partial charge in [-0.15, -0.1) is 22.9 Å². The summed E-state index contributed by atoms with van der Waals surface area (Å²) in [6.07, 6.45) is 4.56. The fourth-order valence-corrected chi connectivity index (χ4v) is 5.45. The van der Waals surface area contributed by atoms with Gasteiger partial charge < -0.3 is 15.4 Å². The summed E-state index contributed by atoms with van der Waals surface area (Å²) in [5.74, 6) is 1.26. The molecule has 5 nitrogen and oxygen atoms in total. The summed E-state index contributed by atoms with van der Waals surface area (Å²) in [5, 5.41) is 7.18. The second-order valence-electron chi connectivity index (χ2n) is 7.55. The lowest BCUT2D eigenvalue weighted by molar-refractivity contribution is -0.120. The number of rotatable bonds is 9. The van der Waals surface area contributed by atoms with Crippen molar-refractivity contribution < 1.29 is 14.3 Å². The van der Waals surface area contributed by atoms with Crippen molar-refractivity contribution in [1.29, 1.82) is 0 Å². The van der Waals surface area contributed by atoms with Gasteiger partial charge in [0.2, 0.25) is 5.91 Å². The number of thiophene rings is 1. The van der Waals surface area contributed by atoms with E-state index >= 15 is 0 Å². The topological polar surface area (TPSA) is 67.4 Å². The molecular formula is C22H29ClN2O3S. The van der Waals surface area contributed by atoms with Crippen LogP contribution in [0.15, 0.2) is 24.3 Å². The predicted octanol–water partition coefficient (Wildman–Crippen LogP) is 4.30. The number of carbonyl (C=O) groups is 2. The first-order chi connectivity index (χ1) is 14.1. The Bertz CT molecular complexity index is 831.